The summed E-state index contributed by atoms with van der Waals surface area (Å²) in [6.45, 7) is 4.54. The highest BCUT2D eigenvalue weighted by Crippen LogP contribution is 2.37. The minimum atomic E-state index is -1.01. The van der Waals surface area contributed by atoms with Crippen molar-refractivity contribution in [3.05, 3.63) is 22.2 Å². The van der Waals surface area contributed by atoms with Crippen molar-refractivity contribution < 1.29 is 9.90 Å². The zero-order valence-corrected chi connectivity index (χ0v) is 12.9. The van der Waals surface area contributed by atoms with Crippen molar-refractivity contribution in [3.8, 4) is 0 Å². The van der Waals surface area contributed by atoms with Crippen LogP contribution in [0.5, 0.6) is 0 Å². The van der Waals surface area contributed by atoms with Gasteiger partial charge in [-0.2, -0.15) is 0 Å². The SMILES string of the molecule is CC(C)C1CCC(c2ncc(Br)c(C(=O)O)n2)CC1. The van der Waals surface area contributed by atoms with Gasteiger partial charge in [0, 0.05) is 12.1 Å². The Morgan fingerprint density at radius 2 is 2.00 bits per heavy atom. The molecule has 1 N–H and O–H groups in total. The van der Waals surface area contributed by atoms with Crippen molar-refractivity contribution >= 4 is 21.9 Å². The third-order valence-electron chi connectivity index (χ3n) is 4.05. The quantitative estimate of drug-likeness (QED) is 0.915. The molecule has 1 fully saturated rings. The number of hydrogen-bond acceptors (Lipinski definition) is 3. The molecule has 1 aromatic rings. The van der Waals surface area contributed by atoms with Crippen molar-refractivity contribution in [2.24, 2.45) is 11.8 Å². The van der Waals surface area contributed by atoms with E-state index in [-0.39, 0.29) is 5.69 Å². The number of aromatic carboxylic acids is 1. The van der Waals surface area contributed by atoms with E-state index < -0.39 is 5.97 Å². The molecule has 1 heterocycles. The maximum absolute atomic E-state index is 11.1. The van der Waals surface area contributed by atoms with E-state index in [1.54, 1.807) is 6.20 Å². The molecule has 4 nitrogen and oxygen atoms in total. The molecule has 1 aliphatic carbocycles. The van der Waals surface area contributed by atoms with E-state index in [4.69, 9.17) is 5.11 Å². The van der Waals surface area contributed by atoms with Crippen LogP contribution in [-0.2, 0) is 0 Å². The van der Waals surface area contributed by atoms with Crippen LogP contribution in [0, 0.1) is 11.8 Å². The van der Waals surface area contributed by atoms with Gasteiger partial charge >= 0.3 is 5.97 Å². The van der Waals surface area contributed by atoms with Gasteiger partial charge in [-0.3, -0.25) is 0 Å². The maximum Gasteiger partial charge on any atom is 0.355 e. The van der Waals surface area contributed by atoms with Crippen LogP contribution in [0.2, 0.25) is 0 Å². The third kappa shape index (κ3) is 3.32. The number of aromatic nitrogens is 2. The van der Waals surface area contributed by atoms with Crippen LogP contribution in [0.3, 0.4) is 0 Å². The van der Waals surface area contributed by atoms with Crippen LogP contribution in [0.1, 0.15) is 61.8 Å². The molecule has 1 saturated carbocycles. The fourth-order valence-corrected chi connectivity index (χ4v) is 3.13. The van der Waals surface area contributed by atoms with Crippen molar-refractivity contribution in [1.82, 2.24) is 9.97 Å². The van der Waals surface area contributed by atoms with Crippen molar-refractivity contribution in [2.75, 3.05) is 0 Å². The van der Waals surface area contributed by atoms with Crippen LogP contribution in [0.15, 0.2) is 10.7 Å². The second kappa shape index (κ2) is 5.99. The van der Waals surface area contributed by atoms with Gasteiger partial charge in [-0.05, 0) is 53.4 Å². The molecule has 0 radical (unpaired) electrons. The van der Waals surface area contributed by atoms with Gasteiger partial charge in [0.15, 0.2) is 5.69 Å². The smallest absolute Gasteiger partial charge is 0.355 e. The van der Waals surface area contributed by atoms with E-state index in [2.05, 4.69) is 39.7 Å². The standard InChI is InChI=1S/C14H19BrN2O2/c1-8(2)9-3-5-10(6-4-9)13-16-7-11(15)12(17-13)14(18)19/h7-10H,3-6H2,1-2H3,(H,18,19). The van der Waals surface area contributed by atoms with E-state index in [1.807, 2.05) is 0 Å². The van der Waals surface area contributed by atoms with Gasteiger partial charge in [0.2, 0.25) is 0 Å². The predicted molar refractivity (Wildman–Crippen MR) is 76.2 cm³/mol. The molecule has 0 amide bonds. The Morgan fingerprint density at radius 1 is 1.37 bits per heavy atom. The Kier molecular flexibility index (Phi) is 4.55. The monoisotopic (exact) mass is 326 g/mol. The zero-order valence-electron chi connectivity index (χ0n) is 11.3. The second-order valence-electron chi connectivity index (χ2n) is 5.59. The molecule has 0 atom stereocenters. The number of carboxylic acids is 1. The Labute approximate surface area is 121 Å². The summed E-state index contributed by atoms with van der Waals surface area (Å²) in [7, 11) is 0. The average molecular weight is 327 g/mol. The average Bonchev–Trinajstić information content (AvgIpc) is 2.39. The summed E-state index contributed by atoms with van der Waals surface area (Å²) in [5.41, 5.74) is 0.0657. The van der Waals surface area contributed by atoms with E-state index >= 15 is 0 Å². The van der Waals surface area contributed by atoms with Gasteiger partial charge in [-0.25, -0.2) is 14.8 Å². The summed E-state index contributed by atoms with van der Waals surface area (Å²) < 4.78 is 0.444. The fourth-order valence-electron chi connectivity index (χ4n) is 2.77. The fraction of sp³-hybridized carbons (Fsp3) is 0.643. The first kappa shape index (κ1) is 14.4. The molecule has 0 aromatic carbocycles. The van der Waals surface area contributed by atoms with E-state index in [1.165, 1.54) is 12.8 Å². The summed E-state index contributed by atoms with van der Waals surface area (Å²) in [6.07, 6.45) is 6.04. The van der Waals surface area contributed by atoms with Gasteiger partial charge < -0.3 is 5.11 Å². The molecule has 5 heteroatoms. The lowest BCUT2D eigenvalue weighted by Gasteiger charge is -2.30. The normalized spacial score (nSPS) is 23.6. The van der Waals surface area contributed by atoms with Crippen LogP contribution in [-0.4, -0.2) is 21.0 Å². The number of carboxylic acid groups (broad SMARTS) is 1. The van der Waals surface area contributed by atoms with Crippen LogP contribution in [0.25, 0.3) is 0 Å². The number of nitrogens with zero attached hydrogens (tertiary/aromatic N) is 2. The molecule has 0 unspecified atom stereocenters. The van der Waals surface area contributed by atoms with Crippen LogP contribution >= 0.6 is 15.9 Å². The van der Waals surface area contributed by atoms with Gasteiger partial charge in [-0.1, -0.05) is 13.8 Å². The molecule has 2 rings (SSSR count). The molecule has 0 bridgehead atoms. The van der Waals surface area contributed by atoms with Crippen LogP contribution in [0.4, 0.5) is 0 Å². The van der Waals surface area contributed by atoms with E-state index in [0.29, 0.717) is 16.2 Å². The van der Waals surface area contributed by atoms with Gasteiger partial charge in [0.25, 0.3) is 0 Å². The first-order chi connectivity index (χ1) is 8.99. The van der Waals surface area contributed by atoms with Gasteiger partial charge in [0.05, 0.1) is 4.47 Å². The second-order valence-corrected chi connectivity index (χ2v) is 6.44. The molecular formula is C14H19BrN2O2. The number of rotatable bonds is 3. The Hall–Kier alpha value is -0.970. The summed E-state index contributed by atoms with van der Waals surface area (Å²) in [5, 5.41) is 9.08. The Balaban J connectivity index is 2.12. The minimum absolute atomic E-state index is 0.0657. The summed E-state index contributed by atoms with van der Waals surface area (Å²) in [5.74, 6) is 1.49. The van der Waals surface area contributed by atoms with Crippen molar-refractivity contribution in [3.63, 3.8) is 0 Å². The molecule has 0 saturated heterocycles. The molecule has 19 heavy (non-hydrogen) atoms. The number of hydrogen-bond donors (Lipinski definition) is 1. The summed E-state index contributed by atoms with van der Waals surface area (Å²) in [4.78, 5) is 19.6. The zero-order chi connectivity index (χ0) is 14.0. The van der Waals surface area contributed by atoms with E-state index in [9.17, 15) is 4.79 Å². The minimum Gasteiger partial charge on any atom is -0.476 e. The lowest BCUT2D eigenvalue weighted by molar-refractivity contribution is 0.0688. The van der Waals surface area contributed by atoms with Gasteiger partial charge in [-0.15, -0.1) is 0 Å². The van der Waals surface area contributed by atoms with Crippen molar-refractivity contribution in [1.29, 1.82) is 0 Å². The lowest BCUT2D eigenvalue weighted by atomic mass is 9.77. The molecule has 0 aliphatic heterocycles. The number of carbonyl (C=O) groups is 1. The molecule has 1 aliphatic rings. The lowest BCUT2D eigenvalue weighted by Crippen LogP contribution is -2.19. The summed E-state index contributed by atoms with van der Waals surface area (Å²) in [6, 6.07) is 0. The van der Waals surface area contributed by atoms with E-state index in [0.717, 1.165) is 24.7 Å². The topological polar surface area (TPSA) is 63.1 Å². The predicted octanol–water partition coefficient (Wildman–Crippen LogP) is 3.87. The number of halogens is 1. The largest absolute Gasteiger partial charge is 0.476 e. The molecular weight excluding hydrogens is 308 g/mol. The van der Waals surface area contributed by atoms with Crippen molar-refractivity contribution in [2.45, 2.75) is 45.4 Å². The first-order valence-electron chi connectivity index (χ1n) is 6.74. The Bertz CT molecular complexity index is 469. The molecule has 104 valence electrons. The van der Waals surface area contributed by atoms with Crippen LogP contribution < -0.4 is 0 Å². The highest BCUT2D eigenvalue weighted by Gasteiger charge is 2.26. The molecule has 0 spiro atoms. The maximum atomic E-state index is 11.1. The van der Waals surface area contributed by atoms with Gasteiger partial charge in [0.1, 0.15) is 5.82 Å². The third-order valence-corrected chi connectivity index (χ3v) is 4.63. The summed E-state index contributed by atoms with van der Waals surface area (Å²) >= 11 is 3.18. The molecule has 1 aromatic heterocycles. The highest BCUT2D eigenvalue weighted by molar-refractivity contribution is 9.10. The first-order valence-corrected chi connectivity index (χ1v) is 7.54. The highest BCUT2D eigenvalue weighted by atomic mass is 79.9. The Morgan fingerprint density at radius 3 is 2.53 bits per heavy atom.